The van der Waals surface area contributed by atoms with Crippen LogP contribution in [0.5, 0.6) is 0 Å². The summed E-state index contributed by atoms with van der Waals surface area (Å²) < 4.78 is 1.41. The number of aromatic nitrogens is 4. The highest BCUT2D eigenvalue weighted by Gasteiger charge is 2.20. The van der Waals surface area contributed by atoms with Crippen LogP contribution in [0.3, 0.4) is 0 Å². The second-order valence-corrected chi connectivity index (χ2v) is 4.97. The second kappa shape index (κ2) is 5.73. The van der Waals surface area contributed by atoms with Gasteiger partial charge in [-0.25, -0.2) is 9.50 Å². The Hall–Kier alpha value is -3.47. The van der Waals surface area contributed by atoms with Crippen molar-refractivity contribution in [1.29, 1.82) is 5.26 Å². The van der Waals surface area contributed by atoms with Crippen LogP contribution in [0.1, 0.15) is 21.5 Å². The molecule has 3 heterocycles. The summed E-state index contributed by atoms with van der Waals surface area (Å²) in [4.78, 5) is 20.7. The minimum Gasteiger partial charge on any atom is -0.381 e. The van der Waals surface area contributed by atoms with Crippen molar-refractivity contribution in [1.82, 2.24) is 19.6 Å². The number of nitrogens with zero attached hydrogens (tertiary/aromatic N) is 5. The number of hydrogen-bond acceptors (Lipinski definition) is 6. The molecule has 0 radical (unpaired) electrons. The average molecular weight is 307 g/mol. The van der Waals surface area contributed by atoms with E-state index in [0.29, 0.717) is 16.9 Å². The fourth-order valence-electron chi connectivity index (χ4n) is 2.17. The van der Waals surface area contributed by atoms with Gasteiger partial charge in [-0.15, -0.1) is 5.10 Å². The van der Waals surface area contributed by atoms with E-state index in [1.165, 1.54) is 10.7 Å². The maximum Gasteiger partial charge on any atom is 0.263 e. The Balaban J connectivity index is 1.99. The van der Waals surface area contributed by atoms with Crippen molar-refractivity contribution in [2.24, 2.45) is 0 Å². The zero-order chi connectivity index (χ0) is 16.4. The smallest absolute Gasteiger partial charge is 0.263 e. The van der Waals surface area contributed by atoms with E-state index in [1.807, 2.05) is 13.0 Å². The standard InChI is InChI=1S/C15H13N7O/c1-9-3-5-18-7-11(9)20-15(23)12-13(17)21-22-8-10(2-4-16)6-19-14(12)22/h3,5-8H,2H2,1H3,(H2,17,21)(H,20,23). The predicted molar refractivity (Wildman–Crippen MR) is 83.6 cm³/mol. The van der Waals surface area contributed by atoms with E-state index in [0.717, 1.165) is 5.56 Å². The van der Waals surface area contributed by atoms with Crippen LogP contribution in [0.2, 0.25) is 0 Å². The third kappa shape index (κ3) is 2.67. The number of carbonyl (C=O) groups is 1. The third-order valence-corrected chi connectivity index (χ3v) is 3.35. The van der Waals surface area contributed by atoms with Gasteiger partial charge in [0, 0.05) is 24.2 Å². The van der Waals surface area contributed by atoms with Crippen LogP contribution in [0.4, 0.5) is 11.5 Å². The quantitative estimate of drug-likeness (QED) is 0.752. The molecule has 0 spiro atoms. The first-order valence-corrected chi connectivity index (χ1v) is 6.82. The van der Waals surface area contributed by atoms with Gasteiger partial charge in [-0.1, -0.05) is 0 Å². The lowest BCUT2D eigenvalue weighted by Gasteiger charge is -2.06. The molecular formula is C15H13N7O. The molecule has 0 aliphatic rings. The van der Waals surface area contributed by atoms with E-state index < -0.39 is 5.91 Å². The van der Waals surface area contributed by atoms with Gasteiger partial charge in [-0.3, -0.25) is 9.78 Å². The van der Waals surface area contributed by atoms with Gasteiger partial charge in [-0.05, 0) is 18.6 Å². The Kier molecular flexibility index (Phi) is 3.60. The van der Waals surface area contributed by atoms with Crippen molar-refractivity contribution < 1.29 is 4.79 Å². The normalized spacial score (nSPS) is 10.4. The van der Waals surface area contributed by atoms with Crippen molar-refractivity contribution in [3.05, 3.63) is 47.5 Å². The van der Waals surface area contributed by atoms with Crippen molar-refractivity contribution in [3.8, 4) is 6.07 Å². The van der Waals surface area contributed by atoms with Gasteiger partial charge in [-0.2, -0.15) is 5.26 Å². The monoisotopic (exact) mass is 307 g/mol. The average Bonchev–Trinajstić information content (AvgIpc) is 2.85. The Morgan fingerprint density at radius 1 is 1.48 bits per heavy atom. The van der Waals surface area contributed by atoms with Gasteiger partial charge in [0.15, 0.2) is 11.5 Å². The van der Waals surface area contributed by atoms with E-state index in [2.05, 4.69) is 20.4 Å². The van der Waals surface area contributed by atoms with Crippen LogP contribution in [0.25, 0.3) is 5.65 Å². The van der Waals surface area contributed by atoms with E-state index in [1.54, 1.807) is 24.7 Å². The molecule has 8 nitrogen and oxygen atoms in total. The van der Waals surface area contributed by atoms with Gasteiger partial charge < -0.3 is 11.1 Å². The molecule has 0 atom stereocenters. The Morgan fingerprint density at radius 2 is 2.30 bits per heavy atom. The molecule has 0 saturated carbocycles. The number of nitrogens with one attached hydrogen (secondary N) is 1. The maximum absolute atomic E-state index is 12.5. The number of pyridine rings is 1. The summed E-state index contributed by atoms with van der Waals surface area (Å²) in [7, 11) is 0. The van der Waals surface area contributed by atoms with Crippen LogP contribution < -0.4 is 11.1 Å². The van der Waals surface area contributed by atoms with E-state index in [9.17, 15) is 4.79 Å². The first-order valence-electron chi connectivity index (χ1n) is 6.82. The van der Waals surface area contributed by atoms with Gasteiger partial charge in [0.25, 0.3) is 5.91 Å². The summed E-state index contributed by atoms with van der Waals surface area (Å²) in [5.41, 5.74) is 8.55. The summed E-state index contributed by atoms with van der Waals surface area (Å²) in [6.45, 7) is 1.86. The highest BCUT2D eigenvalue weighted by molar-refractivity contribution is 6.11. The minimum atomic E-state index is -0.408. The predicted octanol–water partition coefficient (Wildman–Crippen LogP) is 1.33. The second-order valence-electron chi connectivity index (χ2n) is 4.97. The number of anilines is 2. The SMILES string of the molecule is Cc1ccncc1NC(=O)c1c(N)nn2cc(CC#N)cnc12. The fourth-order valence-corrected chi connectivity index (χ4v) is 2.17. The number of nitrogen functional groups attached to an aromatic ring is 1. The summed E-state index contributed by atoms with van der Waals surface area (Å²) in [5.74, 6) is -0.334. The maximum atomic E-state index is 12.5. The van der Waals surface area contributed by atoms with E-state index >= 15 is 0 Å². The van der Waals surface area contributed by atoms with Crippen LogP contribution >= 0.6 is 0 Å². The molecule has 0 aromatic carbocycles. The van der Waals surface area contributed by atoms with Gasteiger partial charge in [0.2, 0.25) is 0 Å². The molecule has 0 saturated heterocycles. The van der Waals surface area contributed by atoms with Gasteiger partial charge >= 0.3 is 0 Å². The molecule has 114 valence electrons. The zero-order valence-corrected chi connectivity index (χ0v) is 12.3. The highest BCUT2D eigenvalue weighted by Crippen LogP contribution is 2.20. The lowest BCUT2D eigenvalue weighted by atomic mass is 10.2. The summed E-state index contributed by atoms with van der Waals surface area (Å²) in [5, 5.41) is 15.6. The molecule has 0 aliphatic heterocycles. The molecule has 1 amide bonds. The van der Waals surface area contributed by atoms with Gasteiger partial charge in [0.1, 0.15) is 5.56 Å². The number of amides is 1. The summed E-state index contributed by atoms with van der Waals surface area (Å²) in [6, 6.07) is 3.83. The lowest BCUT2D eigenvalue weighted by molar-refractivity contribution is 0.102. The molecule has 3 rings (SSSR count). The largest absolute Gasteiger partial charge is 0.381 e. The topological polar surface area (TPSA) is 122 Å². The Bertz CT molecular complexity index is 939. The van der Waals surface area contributed by atoms with Gasteiger partial charge in [0.05, 0.1) is 24.4 Å². The Labute approximate surface area is 131 Å². The van der Waals surface area contributed by atoms with Crippen molar-refractivity contribution in [2.45, 2.75) is 13.3 Å². The third-order valence-electron chi connectivity index (χ3n) is 3.35. The number of hydrogen-bond donors (Lipinski definition) is 2. The molecular weight excluding hydrogens is 294 g/mol. The molecule has 8 heteroatoms. The number of nitriles is 1. The van der Waals surface area contributed by atoms with Crippen LogP contribution in [0.15, 0.2) is 30.9 Å². The summed E-state index contributed by atoms with van der Waals surface area (Å²) in [6.07, 6.45) is 6.58. The van der Waals surface area contributed by atoms with Crippen LogP contribution in [0, 0.1) is 18.3 Å². The molecule has 0 fully saturated rings. The molecule has 3 aromatic rings. The summed E-state index contributed by atoms with van der Waals surface area (Å²) >= 11 is 0. The number of carbonyl (C=O) groups excluding carboxylic acids is 1. The molecule has 0 bridgehead atoms. The Morgan fingerprint density at radius 3 is 3.04 bits per heavy atom. The first-order chi connectivity index (χ1) is 11.1. The molecule has 3 N–H and O–H groups in total. The molecule has 0 unspecified atom stereocenters. The minimum absolute atomic E-state index is 0.0747. The van der Waals surface area contributed by atoms with Crippen molar-refractivity contribution >= 4 is 23.1 Å². The zero-order valence-electron chi connectivity index (χ0n) is 12.3. The first kappa shape index (κ1) is 14.5. The van der Waals surface area contributed by atoms with E-state index in [4.69, 9.17) is 11.0 Å². The van der Waals surface area contributed by atoms with Crippen molar-refractivity contribution in [2.75, 3.05) is 11.1 Å². The fraction of sp³-hybridized carbons (Fsp3) is 0.133. The molecule has 3 aromatic heterocycles. The number of aryl methyl sites for hydroxylation is 1. The van der Waals surface area contributed by atoms with Crippen LogP contribution in [-0.2, 0) is 6.42 Å². The van der Waals surface area contributed by atoms with Crippen molar-refractivity contribution in [3.63, 3.8) is 0 Å². The molecule has 23 heavy (non-hydrogen) atoms. The van der Waals surface area contributed by atoms with Crippen LogP contribution in [-0.4, -0.2) is 25.5 Å². The highest BCUT2D eigenvalue weighted by atomic mass is 16.1. The van der Waals surface area contributed by atoms with E-state index in [-0.39, 0.29) is 17.8 Å². The molecule has 0 aliphatic carbocycles. The lowest BCUT2D eigenvalue weighted by Crippen LogP contribution is -2.14. The number of rotatable bonds is 3. The number of fused-ring (bicyclic) bond motifs is 1. The number of nitrogens with two attached hydrogens (primary N) is 1.